The van der Waals surface area contributed by atoms with Crippen LogP contribution >= 0.6 is 11.3 Å². The second-order valence-corrected chi connectivity index (χ2v) is 8.61. The van der Waals surface area contributed by atoms with Crippen LogP contribution in [0.5, 0.6) is 0 Å². The monoisotopic (exact) mass is 352 g/mol. The van der Waals surface area contributed by atoms with Crippen LogP contribution in [0.2, 0.25) is 0 Å². The predicted molar refractivity (Wildman–Crippen MR) is 100 cm³/mol. The molecule has 1 aliphatic rings. The van der Waals surface area contributed by atoms with Gasteiger partial charge >= 0.3 is 6.09 Å². The van der Waals surface area contributed by atoms with Gasteiger partial charge in [0.2, 0.25) is 0 Å². The predicted octanol–water partition coefficient (Wildman–Crippen LogP) is 4.87. The molecule has 1 heterocycles. The van der Waals surface area contributed by atoms with Gasteiger partial charge in [-0.2, -0.15) is 11.3 Å². The summed E-state index contributed by atoms with van der Waals surface area (Å²) in [4.78, 5) is 12.0. The fraction of sp³-hybridized carbons (Fsp3) is 0.737. The number of carbonyl (C=O) groups is 1. The molecular weight excluding hydrogens is 320 g/mol. The standard InChI is InChI=1S/C19H32N2O2S/c1-14(16-10-11-24-13-16)21-17(15-8-6-5-7-9-15)12-20-18(22)23-19(2,3)4/h10-11,13-15,17,21H,5-9,12H2,1-4H3,(H,20,22). The van der Waals surface area contributed by atoms with Crippen molar-refractivity contribution < 1.29 is 9.53 Å². The van der Waals surface area contributed by atoms with Crippen molar-refractivity contribution in [3.8, 4) is 0 Å². The number of carbonyl (C=O) groups excluding carboxylic acids is 1. The molecule has 2 atom stereocenters. The van der Waals surface area contributed by atoms with E-state index in [0.717, 1.165) is 0 Å². The lowest BCUT2D eigenvalue weighted by Crippen LogP contribution is -2.47. The third kappa shape index (κ3) is 6.44. The Morgan fingerprint density at radius 1 is 1.33 bits per heavy atom. The number of alkyl carbamates (subject to hydrolysis) is 1. The van der Waals surface area contributed by atoms with Crippen molar-refractivity contribution in [1.29, 1.82) is 0 Å². The van der Waals surface area contributed by atoms with Crippen LogP contribution in [0, 0.1) is 5.92 Å². The summed E-state index contributed by atoms with van der Waals surface area (Å²) in [6.45, 7) is 8.49. The Morgan fingerprint density at radius 2 is 2.04 bits per heavy atom. The minimum Gasteiger partial charge on any atom is -0.444 e. The van der Waals surface area contributed by atoms with Crippen molar-refractivity contribution in [3.05, 3.63) is 22.4 Å². The average molecular weight is 353 g/mol. The lowest BCUT2D eigenvalue weighted by molar-refractivity contribution is 0.0514. The van der Waals surface area contributed by atoms with E-state index in [2.05, 4.69) is 34.4 Å². The SMILES string of the molecule is CC(NC(CNC(=O)OC(C)(C)C)C1CCCCC1)c1ccsc1. The van der Waals surface area contributed by atoms with Crippen molar-refractivity contribution in [1.82, 2.24) is 10.6 Å². The lowest BCUT2D eigenvalue weighted by Gasteiger charge is -2.33. The molecule has 0 aliphatic heterocycles. The Kier molecular flexibility index (Phi) is 7.11. The molecule has 5 heteroatoms. The van der Waals surface area contributed by atoms with E-state index in [9.17, 15) is 4.79 Å². The van der Waals surface area contributed by atoms with E-state index in [1.165, 1.54) is 37.7 Å². The molecule has 4 nitrogen and oxygen atoms in total. The van der Waals surface area contributed by atoms with Gasteiger partial charge in [0.05, 0.1) is 0 Å². The second-order valence-electron chi connectivity index (χ2n) is 7.83. The van der Waals surface area contributed by atoms with Crippen LogP contribution in [0.25, 0.3) is 0 Å². The van der Waals surface area contributed by atoms with Crippen molar-refractivity contribution in [2.24, 2.45) is 5.92 Å². The molecule has 1 aromatic heterocycles. The summed E-state index contributed by atoms with van der Waals surface area (Å²) < 4.78 is 5.38. The molecule has 0 saturated heterocycles. The van der Waals surface area contributed by atoms with Crippen LogP contribution in [0.4, 0.5) is 4.79 Å². The number of nitrogens with one attached hydrogen (secondary N) is 2. The van der Waals surface area contributed by atoms with Gasteiger partial charge in [-0.3, -0.25) is 0 Å². The van der Waals surface area contributed by atoms with E-state index >= 15 is 0 Å². The average Bonchev–Trinajstić information content (AvgIpc) is 3.05. The Morgan fingerprint density at radius 3 is 2.62 bits per heavy atom. The quantitative estimate of drug-likeness (QED) is 0.768. The van der Waals surface area contributed by atoms with Crippen LogP contribution in [-0.2, 0) is 4.74 Å². The zero-order valence-electron chi connectivity index (χ0n) is 15.4. The Bertz CT molecular complexity index is 490. The van der Waals surface area contributed by atoms with E-state index < -0.39 is 5.60 Å². The van der Waals surface area contributed by atoms with E-state index in [-0.39, 0.29) is 12.1 Å². The fourth-order valence-electron chi connectivity index (χ4n) is 3.34. The summed E-state index contributed by atoms with van der Waals surface area (Å²) >= 11 is 1.73. The van der Waals surface area contributed by atoms with E-state index in [1.54, 1.807) is 11.3 Å². The van der Waals surface area contributed by atoms with Crippen LogP contribution in [0.15, 0.2) is 16.8 Å². The van der Waals surface area contributed by atoms with Crippen molar-refractivity contribution in [3.63, 3.8) is 0 Å². The van der Waals surface area contributed by atoms with Crippen LogP contribution in [0.1, 0.15) is 71.4 Å². The molecular formula is C19H32N2O2S. The first-order chi connectivity index (χ1) is 11.3. The number of rotatable bonds is 6. The molecule has 0 radical (unpaired) electrons. The summed E-state index contributed by atoms with van der Waals surface area (Å²) in [5.74, 6) is 0.620. The summed E-state index contributed by atoms with van der Waals surface area (Å²) in [5.41, 5.74) is 0.861. The maximum atomic E-state index is 12.0. The summed E-state index contributed by atoms with van der Waals surface area (Å²) in [6, 6.07) is 2.75. The molecule has 2 N–H and O–H groups in total. The van der Waals surface area contributed by atoms with Crippen molar-refractivity contribution in [2.75, 3.05) is 6.54 Å². The normalized spacial score (nSPS) is 18.8. The number of hydrogen-bond acceptors (Lipinski definition) is 4. The Balaban J connectivity index is 1.93. The minimum absolute atomic E-state index is 0.285. The zero-order valence-corrected chi connectivity index (χ0v) is 16.2. The second kappa shape index (κ2) is 8.86. The summed E-state index contributed by atoms with van der Waals surface area (Å²) in [5, 5.41) is 11.0. The molecule has 1 aliphatic carbocycles. The van der Waals surface area contributed by atoms with Gasteiger partial charge in [0.1, 0.15) is 5.60 Å². The van der Waals surface area contributed by atoms with E-state index in [0.29, 0.717) is 18.5 Å². The molecule has 24 heavy (non-hydrogen) atoms. The first kappa shape index (κ1) is 19.3. The van der Waals surface area contributed by atoms with Gasteiger partial charge in [-0.05, 0) is 68.8 Å². The highest BCUT2D eigenvalue weighted by molar-refractivity contribution is 7.07. The van der Waals surface area contributed by atoms with E-state index in [1.807, 2.05) is 20.8 Å². The third-order valence-electron chi connectivity index (χ3n) is 4.59. The molecule has 0 spiro atoms. The summed E-state index contributed by atoms with van der Waals surface area (Å²) in [7, 11) is 0. The van der Waals surface area contributed by atoms with Crippen LogP contribution in [-0.4, -0.2) is 24.3 Å². The first-order valence-electron chi connectivity index (χ1n) is 9.10. The summed E-state index contributed by atoms with van der Waals surface area (Å²) in [6.07, 6.45) is 6.08. The number of ether oxygens (including phenoxy) is 1. The van der Waals surface area contributed by atoms with Gasteiger partial charge in [-0.1, -0.05) is 19.3 Å². The Labute approximate surface area is 150 Å². The molecule has 1 fully saturated rings. The number of amides is 1. The maximum absolute atomic E-state index is 12.0. The van der Waals surface area contributed by atoms with Crippen LogP contribution in [0.3, 0.4) is 0 Å². The maximum Gasteiger partial charge on any atom is 0.407 e. The molecule has 2 rings (SSSR count). The van der Waals surface area contributed by atoms with Gasteiger partial charge < -0.3 is 15.4 Å². The molecule has 1 saturated carbocycles. The van der Waals surface area contributed by atoms with E-state index in [4.69, 9.17) is 4.74 Å². The molecule has 1 amide bonds. The van der Waals surface area contributed by atoms with Gasteiger partial charge in [0.15, 0.2) is 0 Å². The largest absolute Gasteiger partial charge is 0.444 e. The zero-order chi connectivity index (χ0) is 17.6. The molecule has 0 bridgehead atoms. The van der Waals surface area contributed by atoms with Crippen LogP contribution < -0.4 is 10.6 Å². The first-order valence-corrected chi connectivity index (χ1v) is 10.0. The third-order valence-corrected chi connectivity index (χ3v) is 5.29. The highest BCUT2D eigenvalue weighted by atomic mass is 32.1. The van der Waals surface area contributed by atoms with Crippen molar-refractivity contribution >= 4 is 17.4 Å². The molecule has 1 aromatic rings. The number of hydrogen-bond donors (Lipinski definition) is 2. The van der Waals surface area contributed by atoms with Gasteiger partial charge in [-0.15, -0.1) is 0 Å². The van der Waals surface area contributed by atoms with Crippen molar-refractivity contribution in [2.45, 2.75) is 77.5 Å². The molecule has 136 valence electrons. The highest BCUT2D eigenvalue weighted by Gasteiger charge is 2.26. The fourth-order valence-corrected chi connectivity index (χ4v) is 4.10. The minimum atomic E-state index is -0.457. The van der Waals surface area contributed by atoms with Gasteiger partial charge in [-0.25, -0.2) is 4.79 Å². The van der Waals surface area contributed by atoms with Gasteiger partial charge in [0.25, 0.3) is 0 Å². The lowest BCUT2D eigenvalue weighted by atomic mass is 9.83. The Hall–Kier alpha value is -1.07. The topological polar surface area (TPSA) is 50.4 Å². The molecule has 0 aromatic carbocycles. The number of thiophene rings is 1. The smallest absolute Gasteiger partial charge is 0.407 e. The van der Waals surface area contributed by atoms with Gasteiger partial charge in [0, 0.05) is 18.6 Å². The molecule has 2 unspecified atom stereocenters. The highest BCUT2D eigenvalue weighted by Crippen LogP contribution is 2.28.